The molecule has 2 heterocycles. The maximum atomic E-state index is 13.0. The molecule has 1 aliphatic rings. The molecule has 0 atom stereocenters. The van der Waals surface area contributed by atoms with Crippen molar-refractivity contribution in [3.63, 3.8) is 0 Å². The van der Waals surface area contributed by atoms with Gasteiger partial charge in [-0.3, -0.25) is 4.79 Å². The zero-order valence-corrected chi connectivity index (χ0v) is 16.6. The van der Waals surface area contributed by atoms with Gasteiger partial charge in [-0.25, -0.2) is 14.2 Å². The average Bonchev–Trinajstić information content (AvgIpc) is 3.31. The molecule has 3 aromatic rings. The zero-order chi connectivity index (χ0) is 21.3. The van der Waals surface area contributed by atoms with Crippen LogP contribution in [0.3, 0.4) is 0 Å². The number of carboxylic acids is 1. The minimum absolute atomic E-state index is 0.0816. The molecule has 1 aliphatic heterocycles. The van der Waals surface area contributed by atoms with Crippen LogP contribution in [0.25, 0.3) is 17.4 Å². The van der Waals surface area contributed by atoms with E-state index in [-0.39, 0.29) is 17.3 Å². The summed E-state index contributed by atoms with van der Waals surface area (Å²) in [5, 5.41) is 12.5. The second-order valence-electron chi connectivity index (χ2n) is 6.16. The molecule has 1 fully saturated rings. The lowest BCUT2D eigenvalue weighted by Gasteiger charge is -2.02. The van der Waals surface area contributed by atoms with Gasteiger partial charge < -0.3 is 14.8 Å². The maximum absolute atomic E-state index is 13.0. The van der Waals surface area contributed by atoms with Gasteiger partial charge in [-0.1, -0.05) is 11.6 Å². The van der Waals surface area contributed by atoms with E-state index in [1.54, 1.807) is 18.2 Å². The van der Waals surface area contributed by atoms with Crippen LogP contribution in [0.2, 0.25) is 5.02 Å². The average molecular weight is 443 g/mol. The van der Waals surface area contributed by atoms with E-state index in [4.69, 9.17) is 21.1 Å². The first-order valence-corrected chi connectivity index (χ1v) is 9.77. The molecule has 30 heavy (non-hydrogen) atoms. The Morgan fingerprint density at radius 3 is 2.67 bits per heavy atom. The molecule has 0 aliphatic carbocycles. The number of amidine groups is 1. The van der Waals surface area contributed by atoms with Crippen molar-refractivity contribution in [3.8, 4) is 11.3 Å². The van der Waals surface area contributed by atoms with Gasteiger partial charge in [0.15, 0.2) is 5.17 Å². The normalized spacial score (nSPS) is 16.3. The van der Waals surface area contributed by atoms with E-state index in [1.807, 2.05) is 0 Å². The van der Waals surface area contributed by atoms with Gasteiger partial charge in [0.2, 0.25) is 0 Å². The number of aromatic carboxylic acids is 1. The van der Waals surface area contributed by atoms with Gasteiger partial charge in [0, 0.05) is 11.6 Å². The van der Waals surface area contributed by atoms with Crippen LogP contribution < -0.4 is 5.32 Å². The Morgan fingerprint density at radius 1 is 1.17 bits per heavy atom. The van der Waals surface area contributed by atoms with Gasteiger partial charge >= 0.3 is 5.97 Å². The van der Waals surface area contributed by atoms with E-state index in [0.29, 0.717) is 37.9 Å². The first-order chi connectivity index (χ1) is 14.4. The molecule has 9 heteroatoms. The van der Waals surface area contributed by atoms with E-state index >= 15 is 0 Å². The molecule has 2 aromatic carbocycles. The van der Waals surface area contributed by atoms with E-state index in [9.17, 15) is 14.0 Å². The number of hydrogen-bond donors (Lipinski definition) is 2. The third-order valence-electron chi connectivity index (χ3n) is 4.09. The Balaban J connectivity index is 1.57. The zero-order valence-electron chi connectivity index (χ0n) is 15.1. The number of aliphatic imine (C=N–C) groups is 1. The number of benzene rings is 2. The number of hydrogen-bond acceptors (Lipinski definition) is 5. The Labute approximate surface area is 179 Å². The predicted molar refractivity (Wildman–Crippen MR) is 113 cm³/mol. The van der Waals surface area contributed by atoms with Crippen molar-refractivity contribution >= 4 is 52.2 Å². The third kappa shape index (κ3) is 4.29. The van der Waals surface area contributed by atoms with Gasteiger partial charge in [-0.15, -0.1) is 0 Å². The van der Waals surface area contributed by atoms with Crippen LogP contribution >= 0.6 is 23.4 Å². The van der Waals surface area contributed by atoms with Crippen molar-refractivity contribution < 1.29 is 23.5 Å². The highest BCUT2D eigenvalue weighted by molar-refractivity contribution is 8.18. The highest BCUT2D eigenvalue weighted by Gasteiger charge is 2.24. The van der Waals surface area contributed by atoms with Crippen molar-refractivity contribution in [3.05, 3.63) is 81.7 Å². The van der Waals surface area contributed by atoms with Crippen molar-refractivity contribution in [1.29, 1.82) is 0 Å². The number of carbonyl (C=O) groups excluding carboxylic acids is 1. The second kappa shape index (κ2) is 8.17. The summed E-state index contributed by atoms with van der Waals surface area (Å²) in [6.07, 6.45) is 1.55. The van der Waals surface area contributed by atoms with Gasteiger partial charge in [0.05, 0.1) is 21.2 Å². The predicted octanol–water partition coefficient (Wildman–Crippen LogP) is 5.33. The standard InChI is InChI=1S/C21H12ClFN2O4S/c22-16-7-1-11(20(27)28)9-15(16)17-8-6-14(29-17)10-18-19(26)25-21(30-18)24-13-4-2-12(23)3-5-13/h1-10H,(H,27,28)(H,24,25,26)/b18-10+. The van der Waals surface area contributed by atoms with E-state index in [1.165, 1.54) is 42.5 Å². The fraction of sp³-hybridized carbons (Fsp3) is 0. The fourth-order valence-electron chi connectivity index (χ4n) is 2.66. The highest BCUT2D eigenvalue weighted by Crippen LogP contribution is 2.33. The number of amides is 1. The molecule has 0 unspecified atom stereocenters. The van der Waals surface area contributed by atoms with Gasteiger partial charge in [0.25, 0.3) is 5.91 Å². The summed E-state index contributed by atoms with van der Waals surface area (Å²) in [5.74, 6) is -1.02. The molecule has 0 saturated carbocycles. The maximum Gasteiger partial charge on any atom is 0.335 e. The number of nitrogens with zero attached hydrogens (tertiary/aromatic N) is 1. The molecule has 0 spiro atoms. The largest absolute Gasteiger partial charge is 0.478 e. The topological polar surface area (TPSA) is 91.9 Å². The Hall–Kier alpha value is -3.36. The van der Waals surface area contributed by atoms with E-state index in [2.05, 4.69) is 10.3 Å². The SMILES string of the molecule is O=C1NC(=Nc2ccc(F)cc2)S/C1=C/c1ccc(-c2cc(C(=O)O)ccc2Cl)o1. The summed E-state index contributed by atoms with van der Waals surface area (Å²) in [6, 6.07) is 13.2. The third-order valence-corrected chi connectivity index (χ3v) is 5.33. The number of halogens is 2. The van der Waals surface area contributed by atoms with Crippen molar-refractivity contribution in [2.45, 2.75) is 0 Å². The molecule has 1 amide bonds. The quantitative estimate of drug-likeness (QED) is 0.533. The minimum atomic E-state index is -1.08. The van der Waals surface area contributed by atoms with Crippen LogP contribution in [-0.4, -0.2) is 22.2 Å². The van der Waals surface area contributed by atoms with Crippen LogP contribution in [0, 0.1) is 5.82 Å². The van der Waals surface area contributed by atoms with E-state index < -0.39 is 5.97 Å². The lowest BCUT2D eigenvalue weighted by molar-refractivity contribution is -0.115. The number of thioether (sulfide) groups is 1. The van der Waals surface area contributed by atoms with Gasteiger partial charge in [-0.05, 0) is 66.4 Å². The first-order valence-electron chi connectivity index (χ1n) is 8.57. The van der Waals surface area contributed by atoms with Gasteiger partial charge in [0.1, 0.15) is 17.3 Å². The Morgan fingerprint density at radius 2 is 1.93 bits per heavy atom. The van der Waals surface area contributed by atoms with Crippen LogP contribution in [0.15, 0.2) is 68.9 Å². The molecular formula is C21H12ClFN2O4S. The second-order valence-corrected chi connectivity index (χ2v) is 7.60. The molecule has 4 rings (SSSR count). The van der Waals surface area contributed by atoms with Crippen LogP contribution in [-0.2, 0) is 4.79 Å². The Kier molecular flexibility index (Phi) is 5.43. The van der Waals surface area contributed by atoms with Crippen molar-refractivity contribution in [2.24, 2.45) is 4.99 Å². The van der Waals surface area contributed by atoms with Crippen molar-refractivity contribution in [2.75, 3.05) is 0 Å². The Bertz CT molecular complexity index is 1220. The molecular weight excluding hydrogens is 431 g/mol. The molecule has 1 aromatic heterocycles. The summed E-state index contributed by atoms with van der Waals surface area (Å²) in [6.45, 7) is 0. The molecule has 6 nitrogen and oxygen atoms in total. The summed E-state index contributed by atoms with van der Waals surface area (Å²) in [4.78, 5) is 28.0. The summed E-state index contributed by atoms with van der Waals surface area (Å²) >= 11 is 7.29. The number of furan rings is 1. The molecule has 0 bridgehead atoms. The van der Waals surface area contributed by atoms with Crippen molar-refractivity contribution in [1.82, 2.24) is 5.32 Å². The summed E-state index contributed by atoms with van der Waals surface area (Å²) < 4.78 is 18.7. The monoisotopic (exact) mass is 442 g/mol. The van der Waals surface area contributed by atoms with Gasteiger partial charge in [-0.2, -0.15) is 0 Å². The number of carbonyl (C=O) groups is 2. The number of rotatable bonds is 4. The van der Waals surface area contributed by atoms with Crippen LogP contribution in [0.4, 0.5) is 10.1 Å². The lowest BCUT2D eigenvalue weighted by Crippen LogP contribution is -2.19. The highest BCUT2D eigenvalue weighted by atomic mass is 35.5. The van der Waals surface area contributed by atoms with E-state index in [0.717, 1.165) is 11.8 Å². The molecule has 150 valence electrons. The first kappa shape index (κ1) is 19.9. The van der Waals surface area contributed by atoms with Crippen LogP contribution in [0.5, 0.6) is 0 Å². The van der Waals surface area contributed by atoms with Crippen LogP contribution in [0.1, 0.15) is 16.1 Å². The summed E-state index contributed by atoms with van der Waals surface area (Å²) in [7, 11) is 0. The fourth-order valence-corrected chi connectivity index (χ4v) is 3.70. The molecule has 2 N–H and O–H groups in total. The number of carboxylic acid groups (broad SMARTS) is 1. The molecule has 1 saturated heterocycles. The molecule has 0 radical (unpaired) electrons. The summed E-state index contributed by atoms with van der Waals surface area (Å²) in [5.41, 5.74) is 1.02. The number of nitrogens with one attached hydrogen (secondary N) is 1. The minimum Gasteiger partial charge on any atom is -0.478 e. The lowest BCUT2D eigenvalue weighted by atomic mass is 10.1. The smallest absolute Gasteiger partial charge is 0.335 e.